The fourth-order valence-electron chi connectivity index (χ4n) is 4.96. The van der Waals surface area contributed by atoms with Gasteiger partial charge < -0.3 is 9.74 Å². The van der Waals surface area contributed by atoms with E-state index in [1.165, 1.54) is 28.1 Å². The summed E-state index contributed by atoms with van der Waals surface area (Å²) in [5, 5.41) is 0.805. The van der Waals surface area contributed by atoms with E-state index in [0.29, 0.717) is 10.8 Å². The van der Waals surface area contributed by atoms with Gasteiger partial charge in [0.05, 0.1) is 6.42 Å². The number of hydrogen-bond acceptors (Lipinski definition) is 6. The summed E-state index contributed by atoms with van der Waals surface area (Å²) in [5.41, 5.74) is 6.17. The zero-order valence-electron chi connectivity index (χ0n) is 20.1. The summed E-state index contributed by atoms with van der Waals surface area (Å²) < 4.78 is 0. The summed E-state index contributed by atoms with van der Waals surface area (Å²) in [6.07, 6.45) is 0.321. The molecule has 1 fully saturated rings. The van der Waals surface area contributed by atoms with Gasteiger partial charge in [-0.05, 0) is 28.8 Å². The predicted molar refractivity (Wildman–Crippen MR) is 141 cm³/mol. The first-order valence-corrected chi connectivity index (χ1v) is 13.3. The van der Waals surface area contributed by atoms with Crippen molar-refractivity contribution in [3.05, 3.63) is 95.6 Å². The van der Waals surface area contributed by atoms with Crippen LogP contribution < -0.4 is 4.90 Å². The summed E-state index contributed by atoms with van der Waals surface area (Å²) in [4.78, 5) is 43.1. The summed E-state index contributed by atoms with van der Waals surface area (Å²) in [5.74, 6) is -0.774. The number of carbonyl (C=O) groups excluding carboxylic acids is 3. The van der Waals surface area contributed by atoms with Crippen LogP contribution in [0.1, 0.15) is 48.8 Å². The van der Waals surface area contributed by atoms with Gasteiger partial charge >= 0.3 is 5.97 Å². The Labute approximate surface area is 215 Å². The maximum absolute atomic E-state index is 12.3. The summed E-state index contributed by atoms with van der Waals surface area (Å²) in [6, 6.07) is 27.6. The van der Waals surface area contributed by atoms with E-state index in [9.17, 15) is 14.4 Å². The Kier molecular flexibility index (Phi) is 7.09. The minimum atomic E-state index is -0.559. The molecule has 2 amide bonds. The number of para-hydroxylation sites is 2. The molecule has 184 valence electrons. The van der Waals surface area contributed by atoms with E-state index >= 15 is 0 Å². The van der Waals surface area contributed by atoms with Gasteiger partial charge in [0.2, 0.25) is 0 Å². The topological polar surface area (TPSA) is 66.9 Å². The van der Waals surface area contributed by atoms with Crippen molar-refractivity contribution in [2.75, 3.05) is 10.7 Å². The van der Waals surface area contributed by atoms with E-state index in [4.69, 9.17) is 4.84 Å². The van der Waals surface area contributed by atoms with E-state index < -0.39 is 17.8 Å². The van der Waals surface area contributed by atoms with Crippen LogP contribution in [0.4, 0.5) is 11.4 Å². The number of anilines is 2. The van der Waals surface area contributed by atoms with Gasteiger partial charge in [0.25, 0.3) is 11.8 Å². The van der Waals surface area contributed by atoms with Crippen molar-refractivity contribution in [2.45, 2.75) is 43.9 Å². The van der Waals surface area contributed by atoms with Crippen molar-refractivity contribution in [1.29, 1.82) is 0 Å². The van der Waals surface area contributed by atoms with Crippen LogP contribution in [0.5, 0.6) is 0 Å². The molecule has 3 aromatic carbocycles. The number of imide groups is 1. The fraction of sp³-hybridized carbons (Fsp3) is 0.276. The summed E-state index contributed by atoms with van der Waals surface area (Å²) in [6.45, 7) is 2.97. The Morgan fingerprint density at radius 3 is 2.06 bits per heavy atom. The van der Waals surface area contributed by atoms with Crippen LogP contribution in [0.15, 0.2) is 78.9 Å². The highest BCUT2D eigenvalue weighted by atomic mass is 32.2. The Bertz CT molecular complexity index is 1220. The fourth-order valence-corrected chi connectivity index (χ4v) is 6.10. The average Bonchev–Trinajstić information content (AvgIpc) is 3.21. The molecule has 1 unspecified atom stereocenters. The van der Waals surface area contributed by atoms with Crippen molar-refractivity contribution in [3.8, 4) is 0 Å². The Balaban J connectivity index is 1.32. The van der Waals surface area contributed by atoms with Crippen LogP contribution >= 0.6 is 11.8 Å². The van der Waals surface area contributed by atoms with Crippen molar-refractivity contribution in [2.24, 2.45) is 0 Å². The van der Waals surface area contributed by atoms with Crippen molar-refractivity contribution >= 4 is 40.9 Å². The number of nitrogens with zero attached hydrogens (tertiary/aromatic N) is 2. The minimum absolute atomic E-state index is 0.0969. The quantitative estimate of drug-likeness (QED) is 0.376. The maximum Gasteiger partial charge on any atom is 0.334 e. The van der Waals surface area contributed by atoms with Gasteiger partial charge in [-0.25, -0.2) is 4.79 Å². The van der Waals surface area contributed by atoms with Crippen LogP contribution in [0.2, 0.25) is 0 Å². The first-order chi connectivity index (χ1) is 17.5. The summed E-state index contributed by atoms with van der Waals surface area (Å²) in [7, 11) is 0. The predicted octanol–water partition coefficient (Wildman–Crippen LogP) is 5.59. The molecular formula is C29H28N2O4S. The molecule has 2 aliphatic rings. The van der Waals surface area contributed by atoms with Crippen molar-refractivity contribution < 1.29 is 19.2 Å². The van der Waals surface area contributed by atoms with Gasteiger partial charge in [-0.2, -0.15) is 11.8 Å². The second kappa shape index (κ2) is 10.6. The standard InChI is InChI=1S/C29H28N2O4S/c1-20(36-18-17-28(34)35-31-26(32)15-16-27(31)33)29-22-11-5-7-13-24(22)30(19-21-9-3-2-4-10-21)25-14-8-6-12-23(25)29/h2-14,20,29H,15-19H2,1H3. The number of benzene rings is 3. The minimum Gasteiger partial charge on any atom is -0.336 e. The lowest BCUT2D eigenvalue weighted by Gasteiger charge is -2.39. The smallest absolute Gasteiger partial charge is 0.334 e. The SMILES string of the molecule is CC(SCCC(=O)ON1C(=O)CCC1=O)C1c2ccccc2N(Cc2ccccc2)c2ccccc21. The molecule has 0 aromatic heterocycles. The molecule has 0 N–H and O–H groups in total. The molecule has 2 heterocycles. The monoisotopic (exact) mass is 500 g/mol. The van der Waals surface area contributed by atoms with Gasteiger partial charge in [-0.3, -0.25) is 9.59 Å². The molecule has 0 radical (unpaired) electrons. The molecule has 6 nitrogen and oxygen atoms in total. The third-order valence-electron chi connectivity index (χ3n) is 6.66. The van der Waals surface area contributed by atoms with Crippen LogP contribution in [0.25, 0.3) is 0 Å². The number of fused-ring (bicyclic) bond motifs is 2. The molecule has 5 rings (SSSR count). The van der Waals surface area contributed by atoms with E-state index in [0.717, 1.165) is 6.54 Å². The number of hydrogen-bond donors (Lipinski definition) is 0. The third kappa shape index (κ3) is 4.88. The van der Waals surface area contributed by atoms with Crippen molar-refractivity contribution in [3.63, 3.8) is 0 Å². The van der Waals surface area contributed by atoms with E-state index in [1.54, 1.807) is 11.8 Å². The summed E-state index contributed by atoms with van der Waals surface area (Å²) >= 11 is 1.70. The van der Waals surface area contributed by atoms with Crippen LogP contribution in [0.3, 0.4) is 0 Å². The molecule has 1 saturated heterocycles. The Hall–Kier alpha value is -3.58. The van der Waals surface area contributed by atoms with Crippen LogP contribution in [0, 0.1) is 0 Å². The zero-order valence-corrected chi connectivity index (χ0v) is 20.9. The number of thioether (sulfide) groups is 1. The molecule has 0 spiro atoms. The highest BCUT2D eigenvalue weighted by Crippen LogP contribution is 2.49. The molecule has 0 aliphatic carbocycles. The van der Waals surface area contributed by atoms with Crippen LogP contribution in [-0.4, -0.2) is 33.8 Å². The largest absolute Gasteiger partial charge is 0.336 e. The molecule has 36 heavy (non-hydrogen) atoms. The number of amides is 2. The molecule has 0 bridgehead atoms. The highest BCUT2D eigenvalue weighted by Gasteiger charge is 2.35. The normalized spacial score (nSPS) is 16.0. The van der Waals surface area contributed by atoms with Gasteiger partial charge in [0, 0.05) is 47.7 Å². The molecule has 7 heteroatoms. The van der Waals surface area contributed by atoms with E-state index in [2.05, 4.69) is 84.6 Å². The molecule has 2 aliphatic heterocycles. The first-order valence-electron chi connectivity index (χ1n) is 12.2. The molecule has 0 saturated carbocycles. The number of rotatable bonds is 8. The third-order valence-corrected chi connectivity index (χ3v) is 7.90. The highest BCUT2D eigenvalue weighted by molar-refractivity contribution is 7.99. The van der Waals surface area contributed by atoms with Gasteiger partial charge in [-0.1, -0.05) is 73.7 Å². The lowest BCUT2D eigenvalue weighted by molar-refractivity contribution is -0.197. The Morgan fingerprint density at radius 1 is 0.889 bits per heavy atom. The number of carbonyl (C=O) groups is 3. The first kappa shape index (κ1) is 24.1. The van der Waals surface area contributed by atoms with Gasteiger partial charge in [0.15, 0.2) is 0 Å². The number of hydroxylamine groups is 2. The van der Waals surface area contributed by atoms with Crippen molar-refractivity contribution in [1.82, 2.24) is 5.06 Å². The van der Waals surface area contributed by atoms with Gasteiger partial charge in [-0.15, -0.1) is 5.06 Å². The average molecular weight is 501 g/mol. The molecule has 1 atom stereocenters. The lowest BCUT2D eigenvalue weighted by atomic mass is 9.82. The van der Waals surface area contributed by atoms with E-state index in [1.807, 2.05) is 6.07 Å². The van der Waals surface area contributed by atoms with Crippen LogP contribution in [-0.2, 0) is 25.8 Å². The van der Waals surface area contributed by atoms with E-state index in [-0.39, 0.29) is 30.4 Å². The zero-order chi connectivity index (χ0) is 25.1. The Morgan fingerprint density at radius 2 is 1.44 bits per heavy atom. The molecular weight excluding hydrogens is 472 g/mol. The second-order valence-electron chi connectivity index (χ2n) is 9.04. The van der Waals surface area contributed by atoms with Gasteiger partial charge in [0.1, 0.15) is 0 Å². The maximum atomic E-state index is 12.3. The molecule has 3 aromatic rings. The lowest BCUT2D eigenvalue weighted by Crippen LogP contribution is -2.32. The second-order valence-corrected chi connectivity index (χ2v) is 10.5.